The van der Waals surface area contributed by atoms with E-state index in [-0.39, 0.29) is 13.0 Å². The maximum atomic E-state index is 11.8. The third-order valence-electron chi connectivity index (χ3n) is 2.93. The van der Waals surface area contributed by atoms with Crippen molar-refractivity contribution in [1.29, 1.82) is 0 Å². The van der Waals surface area contributed by atoms with Gasteiger partial charge in [-0.15, -0.1) is 0 Å². The van der Waals surface area contributed by atoms with E-state index in [0.29, 0.717) is 19.4 Å². The number of carboxylic acids is 1. The zero-order chi connectivity index (χ0) is 14.6. The molecule has 0 aromatic rings. The van der Waals surface area contributed by atoms with E-state index in [1.165, 1.54) is 0 Å². The number of amides is 1. The van der Waals surface area contributed by atoms with Gasteiger partial charge in [-0.2, -0.15) is 4.31 Å². The summed E-state index contributed by atoms with van der Waals surface area (Å²) in [6.45, 7) is 0.301. The molecule has 0 aromatic heterocycles. The Hall–Kier alpha value is -1.19. The summed E-state index contributed by atoms with van der Waals surface area (Å²) in [4.78, 5) is 22.2. The number of rotatable bonds is 6. The lowest BCUT2D eigenvalue weighted by Crippen LogP contribution is -2.46. The van der Waals surface area contributed by atoms with E-state index in [0.717, 1.165) is 10.6 Å². The van der Waals surface area contributed by atoms with Crippen LogP contribution < -0.4 is 5.32 Å². The minimum absolute atomic E-state index is 0.0135. The van der Waals surface area contributed by atoms with Crippen molar-refractivity contribution in [1.82, 2.24) is 9.62 Å². The Morgan fingerprint density at radius 2 is 2.11 bits per heavy atom. The van der Waals surface area contributed by atoms with Crippen molar-refractivity contribution < 1.29 is 28.2 Å². The van der Waals surface area contributed by atoms with Crippen LogP contribution in [0, 0.1) is 0 Å². The lowest BCUT2D eigenvalue weighted by molar-refractivity contribution is -0.147. The minimum atomic E-state index is -3.42. The van der Waals surface area contributed by atoms with Gasteiger partial charge in [0.05, 0.1) is 6.26 Å². The molecule has 1 rings (SSSR count). The van der Waals surface area contributed by atoms with Crippen molar-refractivity contribution in [2.24, 2.45) is 0 Å². The standard InChI is InChI=1S/C10H18N2O6S/c1-19(17,18)12-6-2-3-7(12)9(14)11-5-4-8(13)10(15)16/h7-8,13H,2-6H2,1H3,(H,11,14)(H,15,16). The van der Waals surface area contributed by atoms with Crippen LogP contribution in [-0.2, 0) is 19.6 Å². The summed E-state index contributed by atoms with van der Waals surface area (Å²) >= 11 is 0. The summed E-state index contributed by atoms with van der Waals surface area (Å²) in [7, 11) is -3.42. The Balaban J connectivity index is 2.48. The summed E-state index contributed by atoms with van der Waals surface area (Å²) in [5.74, 6) is -1.81. The predicted molar refractivity (Wildman–Crippen MR) is 65.8 cm³/mol. The van der Waals surface area contributed by atoms with Crippen LogP contribution in [0.25, 0.3) is 0 Å². The molecule has 19 heavy (non-hydrogen) atoms. The molecule has 1 aliphatic heterocycles. The van der Waals surface area contributed by atoms with E-state index in [9.17, 15) is 18.0 Å². The number of sulfonamides is 1. The summed E-state index contributed by atoms with van der Waals surface area (Å²) in [5, 5.41) is 19.9. The third kappa shape index (κ3) is 4.44. The van der Waals surface area contributed by atoms with Gasteiger partial charge < -0.3 is 15.5 Å². The van der Waals surface area contributed by atoms with Crippen LogP contribution in [-0.4, -0.2) is 66.3 Å². The fourth-order valence-electron chi connectivity index (χ4n) is 1.97. The topological polar surface area (TPSA) is 124 Å². The number of carboxylic acid groups (broad SMARTS) is 1. The van der Waals surface area contributed by atoms with Gasteiger partial charge >= 0.3 is 5.97 Å². The highest BCUT2D eigenvalue weighted by atomic mass is 32.2. The zero-order valence-electron chi connectivity index (χ0n) is 10.6. The second-order valence-electron chi connectivity index (χ2n) is 4.47. The summed E-state index contributed by atoms with van der Waals surface area (Å²) < 4.78 is 24.0. The molecule has 9 heteroatoms. The van der Waals surface area contributed by atoms with Gasteiger partial charge in [-0.05, 0) is 12.8 Å². The van der Waals surface area contributed by atoms with Gasteiger partial charge in [0.2, 0.25) is 15.9 Å². The van der Waals surface area contributed by atoms with Crippen LogP contribution in [0.3, 0.4) is 0 Å². The molecule has 1 aliphatic rings. The van der Waals surface area contributed by atoms with E-state index >= 15 is 0 Å². The molecular weight excluding hydrogens is 276 g/mol. The van der Waals surface area contributed by atoms with Gasteiger partial charge in [-0.3, -0.25) is 4.79 Å². The van der Waals surface area contributed by atoms with Gasteiger partial charge in [0.25, 0.3) is 0 Å². The Morgan fingerprint density at radius 3 is 2.63 bits per heavy atom. The molecule has 0 bridgehead atoms. The van der Waals surface area contributed by atoms with Crippen LogP contribution in [0.15, 0.2) is 0 Å². The molecule has 0 saturated carbocycles. The highest BCUT2D eigenvalue weighted by Crippen LogP contribution is 2.20. The molecule has 0 spiro atoms. The second-order valence-corrected chi connectivity index (χ2v) is 6.40. The van der Waals surface area contributed by atoms with Crippen molar-refractivity contribution in [2.45, 2.75) is 31.4 Å². The van der Waals surface area contributed by atoms with Crippen LogP contribution in [0.1, 0.15) is 19.3 Å². The Morgan fingerprint density at radius 1 is 1.47 bits per heavy atom. The number of carbonyl (C=O) groups is 2. The van der Waals surface area contributed by atoms with Gasteiger partial charge in [-0.25, -0.2) is 13.2 Å². The molecule has 0 radical (unpaired) electrons. The molecule has 0 aromatic carbocycles. The van der Waals surface area contributed by atoms with Crippen molar-refractivity contribution in [3.8, 4) is 0 Å². The average molecular weight is 294 g/mol. The van der Waals surface area contributed by atoms with E-state index in [4.69, 9.17) is 10.2 Å². The summed E-state index contributed by atoms with van der Waals surface area (Å²) in [5.41, 5.74) is 0. The lowest BCUT2D eigenvalue weighted by atomic mass is 10.2. The first-order valence-electron chi connectivity index (χ1n) is 5.89. The van der Waals surface area contributed by atoms with Crippen LogP contribution in [0.2, 0.25) is 0 Å². The molecule has 2 atom stereocenters. The second kappa shape index (κ2) is 6.31. The molecule has 0 aliphatic carbocycles. The fourth-order valence-corrected chi connectivity index (χ4v) is 3.10. The molecule has 110 valence electrons. The number of hydrogen-bond donors (Lipinski definition) is 3. The smallest absolute Gasteiger partial charge is 0.332 e. The van der Waals surface area contributed by atoms with E-state index in [1.807, 2.05) is 0 Å². The molecule has 8 nitrogen and oxygen atoms in total. The van der Waals surface area contributed by atoms with Crippen LogP contribution >= 0.6 is 0 Å². The highest BCUT2D eigenvalue weighted by Gasteiger charge is 2.36. The normalized spacial score (nSPS) is 22.1. The summed E-state index contributed by atoms with van der Waals surface area (Å²) in [6.07, 6.45) is 0.456. The molecule has 1 heterocycles. The molecule has 2 unspecified atom stereocenters. The first-order chi connectivity index (χ1) is 8.73. The van der Waals surface area contributed by atoms with Crippen molar-refractivity contribution in [3.63, 3.8) is 0 Å². The van der Waals surface area contributed by atoms with Gasteiger partial charge in [0.1, 0.15) is 6.04 Å². The number of nitrogens with one attached hydrogen (secondary N) is 1. The van der Waals surface area contributed by atoms with Crippen LogP contribution in [0.4, 0.5) is 0 Å². The maximum Gasteiger partial charge on any atom is 0.332 e. The molecule has 1 fully saturated rings. The van der Waals surface area contributed by atoms with E-state index < -0.39 is 34.0 Å². The number of aliphatic carboxylic acids is 1. The Bertz CT molecular complexity index is 449. The third-order valence-corrected chi connectivity index (χ3v) is 4.22. The van der Waals surface area contributed by atoms with Crippen molar-refractivity contribution in [2.75, 3.05) is 19.3 Å². The molecular formula is C10H18N2O6S. The molecule has 1 saturated heterocycles. The predicted octanol–water partition coefficient (Wildman–Crippen LogP) is -1.64. The largest absolute Gasteiger partial charge is 0.479 e. The average Bonchev–Trinajstić information content (AvgIpc) is 2.76. The number of aliphatic hydroxyl groups excluding tert-OH is 1. The number of carbonyl (C=O) groups excluding carboxylic acids is 1. The zero-order valence-corrected chi connectivity index (χ0v) is 11.4. The van der Waals surface area contributed by atoms with Gasteiger partial charge in [0.15, 0.2) is 6.10 Å². The first-order valence-corrected chi connectivity index (χ1v) is 7.73. The quantitative estimate of drug-likeness (QED) is 0.540. The SMILES string of the molecule is CS(=O)(=O)N1CCCC1C(=O)NCCC(O)C(=O)O. The van der Waals surface area contributed by atoms with Crippen molar-refractivity contribution >= 4 is 21.9 Å². The Labute approximate surface area is 111 Å². The van der Waals surface area contributed by atoms with E-state index in [2.05, 4.69) is 5.32 Å². The molecule has 1 amide bonds. The van der Waals surface area contributed by atoms with Gasteiger partial charge in [-0.1, -0.05) is 0 Å². The summed E-state index contributed by atoms with van der Waals surface area (Å²) in [6, 6.07) is -0.739. The monoisotopic (exact) mass is 294 g/mol. The Kier molecular flexibility index (Phi) is 5.27. The van der Waals surface area contributed by atoms with Crippen LogP contribution in [0.5, 0.6) is 0 Å². The fraction of sp³-hybridized carbons (Fsp3) is 0.800. The number of aliphatic hydroxyl groups is 1. The van der Waals surface area contributed by atoms with E-state index in [1.54, 1.807) is 0 Å². The molecule has 3 N–H and O–H groups in total. The van der Waals surface area contributed by atoms with Gasteiger partial charge in [0, 0.05) is 19.5 Å². The highest BCUT2D eigenvalue weighted by molar-refractivity contribution is 7.88. The number of hydrogen-bond acceptors (Lipinski definition) is 5. The first kappa shape index (κ1) is 15.9. The lowest BCUT2D eigenvalue weighted by Gasteiger charge is -2.21. The maximum absolute atomic E-state index is 11.8. The van der Waals surface area contributed by atoms with Crippen molar-refractivity contribution in [3.05, 3.63) is 0 Å². The minimum Gasteiger partial charge on any atom is -0.479 e. The number of nitrogens with zero attached hydrogens (tertiary/aromatic N) is 1.